The Balaban J connectivity index is 1.80. The number of carbonyl (C=O) groups is 3. The van der Waals surface area contributed by atoms with Gasteiger partial charge in [0, 0.05) is 18.3 Å². The van der Waals surface area contributed by atoms with Gasteiger partial charge in [0.1, 0.15) is 6.04 Å². The Hall–Kier alpha value is -3.29. The maximum atomic E-state index is 13.2. The zero-order valence-electron chi connectivity index (χ0n) is 13.0. The van der Waals surface area contributed by atoms with Gasteiger partial charge in [-0.15, -0.1) is 0 Å². The molecule has 25 heavy (non-hydrogen) atoms. The topological polar surface area (TPSA) is 78.5 Å². The third kappa shape index (κ3) is 3.18. The first-order chi connectivity index (χ1) is 11.9. The number of likely N-dealkylation sites (N-methyl/N-ethyl adjacent to an activating group) is 1. The molecule has 0 aliphatic carbocycles. The first-order valence-electron chi connectivity index (χ1n) is 7.31. The average Bonchev–Trinajstić information content (AvgIpc) is 2.85. The third-order valence-corrected chi connectivity index (χ3v) is 3.81. The van der Waals surface area contributed by atoms with Crippen LogP contribution in [0.3, 0.4) is 0 Å². The van der Waals surface area contributed by atoms with Crippen LogP contribution >= 0.6 is 0 Å². The van der Waals surface area contributed by atoms with Crippen LogP contribution in [0.15, 0.2) is 42.5 Å². The number of imide groups is 1. The molecule has 1 unspecified atom stereocenters. The van der Waals surface area contributed by atoms with Gasteiger partial charge in [-0.05, 0) is 35.9 Å². The first kappa shape index (κ1) is 16.6. The number of carbonyl (C=O) groups excluding carboxylic acids is 3. The summed E-state index contributed by atoms with van der Waals surface area (Å²) < 4.78 is 26.2. The van der Waals surface area contributed by atoms with Crippen LogP contribution < -0.4 is 10.6 Å². The quantitative estimate of drug-likeness (QED) is 0.839. The van der Waals surface area contributed by atoms with Crippen molar-refractivity contribution in [1.29, 1.82) is 0 Å². The van der Waals surface area contributed by atoms with Gasteiger partial charge in [-0.25, -0.2) is 13.6 Å². The Bertz CT molecular complexity index is 885. The molecule has 4 amide bonds. The van der Waals surface area contributed by atoms with Gasteiger partial charge in [-0.2, -0.15) is 0 Å². The van der Waals surface area contributed by atoms with E-state index >= 15 is 0 Å². The summed E-state index contributed by atoms with van der Waals surface area (Å²) in [4.78, 5) is 36.7. The van der Waals surface area contributed by atoms with Crippen LogP contribution in [0, 0.1) is 11.6 Å². The van der Waals surface area contributed by atoms with Crippen LogP contribution in [0.2, 0.25) is 0 Å². The molecule has 2 N–H and O–H groups in total. The number of rotatable bonds is 3. The predicted octanol–water partition coefficient (Wildman–Crippen LogP) is 2.44. The molecule has 0 aromatic heterocycles. The lowest BCUT2D eigenvalue weighted by molar-refractivity contribution is -0.126. The molecule has 8 heteroatoms. The molecule has 1 aliphatic rings. The normalized spacial score (nSPS) is 16.8. The van der Waals surface area contributed by atoms with Crippen LogP contribution in [-0.2, 0) is 4.79 Å². The van der Waals surface area contributed by atoms with E-state index in [1.807, 2.05) is 0 Å². The molecule has 3 rings (SSSR count). The number of urea groups is 1. The van der Waals surface area contributed by atoms with E-state index in [2.05, 4.69) is 10.6 Å². The SMILES string of the molecule is CN1C(=O)NC(c2cccc(NC(=O)c3ccc(F)c(F)c3)c2)C1=O. The number of hydrogen-bond acceptors (Lipinski definition) is 3. The van der Waals surface area contributed by atoms with Gasteiger partial charge in [0.2, 0.25) is 0 Å². The van der Waals surface area contributed by atoms with Crippen LogP contribution in [0.4, 0.5) is 19.3 Å². The second kappa shape index (κ2) is 6.31. The van der Waals surface area contributed by atoms with E-state index in [9.17, 15) is 23.2 Å². The van der Waals surface area contributed by atoms with Gasteiger partial charge in [0.15, 0.2) is 11.6 Å². The number of benzene rings is 2. The summed E-state index contributed by atoms with van der Waals surface area (Å²) in [5.74, 6) is -3.20. The Labute approximate surface area is 141 Å². The molecule has 1 atom stereocenters. The lowest BCUT2D eigenvalue weighted by Gasteiger charge is -2.11. The van der Waals surface area contributed by atoms with Gasteiger partial charge in [0.05, 0.1) is 0 Å². The van der Waals surface area contributed by atoms with Gasteiger partial charge in [0.25, 0.3) is 11.8 Å². The van der Waals surface area contributed by atoms with Gasteiger partial charge in [-0.3, -0.25) is 14.5 Å². The van der Waals surface area contributed by atoms with Gasteiger partial charge < -0.3 is 10.6 Å². The minimum Gasteiger partial charge on any atom is -0.322 e. The summed E-state index contributed by atoms with van der Waals surface area (Å²) in [6.07, 6.45) is 0. The molecular formula is C17H13F2N3O3. The zero-order valence-corrected chi connectivity index (χ0v) is 13.0. The second-order valence-electron chi connectivity index (χ2n) is 5.49. The molecular weight excluding hydrogens is 332 g/mol. The zero-order chi connectivity index (χ0) is 18.1. The molecule has 1 saturated heterocycles. The Morgan fingerprint density at radius 1 is 1.12 bits per heavy atom. The number of halogens is 2. The molecule has 0 radical (unpaired) electrons. The van der Waals surface area contributed by atoms with Crippen molar-refractivity contribution < 1.29 is 23.2 Å². The highest BCUT2D eigenvalue weighted by Crippen LogP contribution is 2.23. The summed E-state index contributed by atoms with van der Waals surface area (Å²) >= 11 is 0. The lowest BCUT2D eigenvalue weighted by atomic mass is 10.1. The van der Waals surface area contributed by atoms with Gasteiger partial charge in [-0.1, -0.05) is 12.1 Å². The van der Waals surface area contributed by atoms with Crippen molar-refractivity contribution in [3.05, 3.63) is 65.2 Å². The maximum absolute atomic E-state index is 13.2. The lowest BCUT2D eigenvalue weighted by Crippen LogP contribution is -2.25. The molecule has 2 aromatic carbocycles. The van der Waals surface area contributed by atoms with Crippen molar-refractivity contribution in [3.8, 4) is 0 Å². The van der Waals surface area contributed by atoms with E-state index in [0.29, 0.717) is 11.3 Å². The molecule has 1 aliphatic heterocycles. The van der Waals surface area contributed by atoms with Crippen molar-refractivity contribution in [3.63, 3.8) is 0 Å². The fourth-order valence-electron chi connectivity index (χ4n) is 2.44. The van der Waals surface area contributed by atoms with E-state index in [-0.39, 0.29) is 5.56 Å². The van der Waals surface area contributed by atoms with Crippen molar-refractivity contribution in [2.75, 3.05) is 12.4 Å². The number of hydrogen-bond donors (Lipinski definition) is 2. The van der Waals surface area contributed by atoms with E-state index < -0.39 is 35.5 Å². The minimum absolute atomic E-state index is 0.0470. The number of nitrogens with zero attached hydrogens (tertiary/aromatic N) is 1. The highest BCUT2D eigenvalue weighted by molar-refractivity contribution is 6.05. The van der Waals surface area contributed by atoms with Crippen LogP contribution in [0.25, 0.3) is 0 Å². The molecule has 0 spiro atoms. The average molecular weight is 345 g/mol. The Morgan fingerprint density at radius 2 is 1.88 bits per heavy atom. The summed E-state index contributed by atoms with van der Waals surface area (Å²) in [7, 11) is 1.37. The summed E-state index contributed by atoms with van der Waals surface area (Å²) in [6, 6.07) is 7.82. The molecule has 6 nitrogen and oxygen atoms in total. The molecule has 0 bridgehead atoms. The third-order valence-electron chi connectivity index (χ3n) is 3.81. The number of amides is 4. The number of nitrogens with one attached hydrogen (secondary N) is 2. The highest BCUT2D eigenvalue weighted by Gasteiger charge is 2.36. The molecule has 2 aromatic rings. The largest absolute Gasteiger partial charge is 0.324 e. The van der Waals surface area contributed by atoms with Crippen molar-refractivity contribution in [1.82, 2.24) is 10.2 Å². The van der Waals surface area contributed by atoms with Crippen molar-refractivity contribution in [2.45, 2.75) is 6.04 Å². The fraction of sp³-hybridized carbons (Fsp3) is 0.118. The summed E-state index contributed by atoms with van der Waals surface area (Å²) in [5.41, 5.74) is 0.795. The van der Waals surface area contributed by atoms with E-state index in [4.69, 9.17) is 0 Å². The summed E-state index contributed by atoms with van der Waals surface area (Å²) in [5, 5.41) is 5.07. The highest BCUT2D eigenvalue weighted by atomic mass is 19.2. The van der Waals surface area contributed by atoms with Crippen LogP contribution in [0.5, 0.6) is 0 Å². The van der Waals surface area contributed by atoms with Crippen LogP contribution in [-0.4, -0.2) is 29.8 Å². The summed E-state index contributed by atoms with van der Waals surface area (Å²) in [6.45, 7) is 0. The Kier molecular flexibility index (Phi) is 4.18. The monoisotopic (exact) mass is 345 g/mol. The van der Waals surface area contributed by atoms with E-state index in [1.165, 1.54) is 13.1 Å². The Morgan fingerprint density at radius 3 is 2.52 bits per heavy atom. The molecule has 0 saturated carbocycles. The first-order valence-corrected chi connectivity index (χ1v) is 7.31. The smallest absolute Gasteiger partial charge is 0.322 e. The predicted molar refractivity (Wildman–Crippen MR) is 84.8 cm³/mol. The van der Waals surface area contributed by atoms with Crippen molar-refractivity contribution in [2.24, 2.45) is 0 Å². The van der Waals surface area contributed by atoms with E-state index in [0.717, 1.165) is 23.1 Å². The molecule has 1 fully saturated rings. The molecule has 1 heterocycles. The molecule has 128 valence electrons. The van der Waals surface area contributed by atoms with Crippen molar-refractivity contribution >= 4 is 23.5 Å². The standard InChI is InChI=1S/C17H13F2N3O3/c1-22-16(24)14(21-17(22)25)9-3-2-4-11(7-9)20-15(23)10-5-6-12(18)13(19)8-10/h2-8,14H,1H3,(H,20,23)(H,21,25). The fourth-order valence-corrected chi connectivity index (χ4v) is 2.44. The second-order valence-corrected chi connectivity index (χ2v) is 5.49. The van der Waals surface area contributed by atoms with Crippen LogP contribution in [0.1, 0.15) is 22.0 Å². The number of anilines is 1. The minimum atomic E-state index is -1.12. The van der Waals surface area contributed by atoms with Gasteiger partial charge >= 0.3 is 6.03 Å². The maximum Gasteiger partial charge on any atom is 0.324 e. The van der Waals surface area contributed by atoms with E-state index in [1.54, 1.807) is 18.2 Å².